The molecule has 4 nitrogen and oxygen atoms in total. The SMILES string of the molecule is O=C(CCC(O)CCO)OCc1ccccc1. The summed E-state index contributed by atoms with van der Waals surface area (Å²) in [5.41, 5.74) is 0.941. The Balaban J connectivity index is 2.17. The molecule has 0 bridgehead atoms. The van der Waals surface area contributed by atoms with Gasteiger partial charge in [0, 0.05) is 13.0 Å². The molecular weight excluding hydrogens is 220 g/mol. The van der Waals surface area contributed by atoms with E-state index in [1.807, 2.05) is 30.3 Å². The van der Waals surface area contributed by atoms with E-state index in [-0.39, 0.29) is 25.6 Å². The van der Waals surface area contributed by atoms with Gasteiger partial charge in [0.15, 0.2) is 0 Å². The van der Waals surface area contributed by atoms with Gasteiger partial charge in [-0.25, -0.2) is 0 Å². The highest BCUT2D eigenvalue weighted by Gasteiger charge is 2.08. The standard InChI is InChI=1S/C13H18O4/c14-9-8-12(15)6-7-13(16)17-10-11-4-2-1-3-5-11/h1-5,12,14-15H,6-10H2. The zero-order valence-electron chi connectivity index (χ0n) is 9.71. The highest BCUT2D eigenvalue weighted by molar-refractivity contribution is 5.69. The molecule has 4 heteroatoms. The zero-order chi connectivity index (χ0) is 12.5. The molecule has 0 amide bonds. The maximum atomic E-state index is 11.3. The fraction of sp³-hybridized carbons (Fsp3) is 0.462. The molecule has 0 aliphatic carbocycles. The van der Waals surface area contributed by atoms with E-state index in [9.17, 15) is 9.90 Å². The van der Waals surface area contributed by atoms with Crippen molar-refractivity contribution < 1.29 is 19.7 Å². The van der Waals surface area contributed by atoms with Crippen LogP contribution in [0.4, 0.5) is 0 Å². The molecule has 0 heterocycles. The predicted octanol–water partition coefficient (Wildman–Crippen LogP) is 1.25. The summed E-state index contributed by atoms with van der Waals surface area (Å²) >= 11 is 0. The van der Waals surface area contributed by atoms with Crippen LogP contribution in [0.25, 0.3) is 0 Å². The lowest BCUT2D eigenvalue weighted by Crippen LogP contribution is -2.13. The highest BCUT2D eigenvalue weighted by Crippen LogP contribution is 2.05. The normalized spacial score (nSPS) is 12.1. The van der Waals surface area contributed by atoms with Crippen molar-refractivity contribution >= 4 is 5.97 Å². The van der Waals surface area contributed by atoms with Gasteiger partial charge in [-0.15, -0.1) is 0 Å². The van der Waals surface area contributed by atoms with Crippen molar-refractivity contribution in [1.82, 2.24) is 0 Å². The molecule has 1 aromatic rings. The van der Waals surface area contributed by atoms with E-state index in [4.69, 9.17) is 9.84 Å². The molecular formula is C13H18O4. The first-order valence-corrected chi connectivity index (χ1v) is 5.71. The third-order valence-corrected chi connectivity index (χ3v) is 2.39. The quantitative estimate of drug-likeness (QED) is 0.702. The third kappa shape index (κ3) is 6.04. The lowest BCUT2D eigenvalue weighted by molar-refractivity contribution is -0.145. The van der Waals surface area contributed by atoms with Crippen LogP contribution in [0.3, 0.4) is 0 Å². The number of carbonyl (C=O) groups is 1. The lowest BCUT2D eigenvalue weighted by Gasteiger charge is -2.08. The van der Waals surface area contributed by atoms with Crippen molar-refractivity contribution in [2.24, 2.45) is 0 Å². The number of esters is 1. The fourth-order valence-corrected chi connectivity index (χ4v) is 1.39. The number of hydrogen-bond acceptors (Lipinski definition) is 4. The molecule has 0 saturated carbocycles. The Morgan fingerprint density at radius 2 is 1.94 bits per heavy atom. The van der Waals surface area contributed by atoms with Crippen LogP contribution < -0.4 is 0 Å². The van der Waals surface area contributed by atoms with Crippen molar-refractivity contribution in [2.75, 3.05) is 6.61 Å². The third-order valence-electron chi connectivity index (χ3n) is 2.39. The summed E-state index contributed by atoms with van der Waals surface area (Å²) in [7, 11) is 0. The second-order valence-corrected chi connectivity index (χ2v) is 3.85. The molecule has 94 valence electrons. The van der Waals surface area contributed by atoms with E-state index in [0.29, 0.717) is 12.8 Å². The van der Waals surface area contributed by atoms with Crippen LogP contribution in [0.2, 0.25) is 0 Å². The minimum absolute atomic E-state index is 0.0692. The van der Waals surface area contributed by atoms with Gasteiger partial charge in [0.25, 0.3) is 0 Å². The van der Waals surface area contributed by atoms with Crippen LogP contribution in [-0.4, -0.2) is 28.9 Å². The first kappa shape index (κ1) is 13.7. The van der Waals surface area contributed by atoms with Crippen LogP contribution in [0.15, 0.2) is 30.3 Å². The van der Waals surface area contributed by atoms with Gasteiger partial charge >= 0.3 is 5.97 Å². The Hall–Kier alpha value is -1.39. The number of benzene rings is 1. The smallest absolute Gasteiger partial charge is 0.306 e. The Kier molecular flexibility index (Phi) is 6.29. The van der Waals surface area contributed by atoms with Crippen molar-refractivity contribution in [3.63, 3.8) is 0 Å². The van der Waals surface area contributed by atoms with Gasteiger partial charge in [-0.2, -0.15) is 0 Å². The predicted molar refractivity (Wildman–Crippen MR) is 63.2 cm³/mol. The van der Waals surface area contributed by atoms with E-state index >= 15 is 0 Å². The van der Waals surface area contributed by atoms with Crippen molar-refractivity contribution in [1.29, 1.82) is 0 Å². The second kappa shape index (κ2) is 7.81. The largest absolute Gasteiger partial charge is 0.461 e. The summed E-state index contributed by atoms with van der Waals surface area (Å²) in [4.78, 5) is 11.3. The fourth-order valence-electron chi connectivity index (χ4n) is 1.39. The maximum absolute atomic E-state index is 11.3. The van der Waals surface area contributed by atoms with E-state index in [1.54, 1.807) is 0 Å². The number of rotatable bonds is 7. The highest BCUT2D eigenvalue weighted by atomic mass is 16.5. The molecule has 17 heavy (non-hydrogen) atoms. The summed E-state index contributed by atoms with van der Waals surface area (Å²) in [6.45, 7) is 0.190. The Bertz CT molecular complexity index is 323. The van der Waals surface area contributed by atoms with Gasteiger partial charge in [0.1, 0.15) is 6.61 Å². The summed E-state index contributed by atoms with van der Waals surface area (Å²) in [5, 5.41) is 17.9. The Morgan fingerprint density at radius 3 is 2.59 bits per heavy atom. The maximum Gasteiger partial charge on any atom is 0.306 e. The van der Waals surface area contributed by atoms with Crippen molar-refractivity contribution in [2.45, 2.75) is 32.0 Å². The first-order chi connectivity index (χ1) is 8.22. The summed E-state index contributed by atoms with van der Waals surface area (Å²) in [5.74, 6) is -0.328. The molecule has 0 spiro atoms. The minimum atomic E-state index is -0.635. The van der Waals surface area contributed by atoms with Gasteiger partial charge in [0.2, 0.25) is 0 Å². The molecule has 0 aliphatic heterocycles. The van der Waals surface area contributed by atoms with Crippen LogP contribution in [0.1, 0.15) is 24.8 Å². The molecule has 1 aromatic carbocycles. The number of aliphatic hydroxyl groups excluding tert-OH is 2. The molecule has 1 unspecified atom stereocenters. The van der Waals surface area contributed by atoms with Gasteiger partial charge in [0.05, 0.1) is 6.10 Å². The van der Waals surface area contributed by atoms with E-state index in [1.165, 1.54) is 0 Å². The Labute approximate surface area is 101 Å². The van der Waals surface area contributed by atoms with E-state index in [0.717, 1.165) is 5.56 Å². The first-order valence-electron chi connectivity index (χ1n) is 5.71. The molecule has 1 atom stereocenters. The van der Waals surface area contributed by atoms with Crippen LogP contribution in [0, 0.1) is 0 Å². The van der Waals surface area contributed by atoms with Crippen LogP contribution in [0.5, 0.6) is 0 Å². The zero-order valence-corrected chi connectivity index (χ0v) is 9.71. The summed E-state index contributed by atoms with van der Waals surface area (Å²) in [6.07, 6.45) is 0.165. The average molecular weight is 238 g/mol. The topological polar surface area (TPSA) is 66.8 Å². The number of carbonyl (C=O) groups excluding carboxylic acids is 1. The number of aliphatic hydroxyl groups is 2. The van der Waals surface area contributed by atoms with Crippen molar-refractivity contribution in [3.05, 3.63) is 35.9 Å². The van der Waals surface area contributed by atoms with E-state index < -0.39 is 6.10 Å². The summed E-state index contributed by atoms with van der Waals surface area (Å²) in [6, 6.07) is 9.43. The molecule has 0 aliphatic rings. The lowest BCUT2D eigenvalue weighted by atomic mass is 10.1. The molecule has 2 N–H and O–H groups in total. The second-order valence-electron chi connectivity index (χ2n) is 3.85. The van der Waals surface area contributed by atoms with E-state index in [2.05, 4.69) is 0 Å². The van der Waals surface area contributed by atoms with Crippen LogP contribution in [-0.2, 0) is 16.1 Å². The number of ether oxygens (including phenoxy) is 1. The minimum Gasteiger partial charge on any atom is -0.461 e. The molecule has 1 rings (SSSR count). The van der Waals surface area contributed by atoms with Crippen molar-refractivity contribution in [3.8, 4) is 0 Å². The monoisotopic (exact) mass is 238 g/mol. The molecule has 0 saturated heterocycles. The molecule has 0 radical (unpaired) electrons. The van der Waals surface area contributed by atoms with Gasteiger partial charge < -0.3 is 14.9 Å². The van der Waals surface area contributed by atoms with Gasteiger partial charge in [-0.3, -0.25) is 4.79 Å². The average Bonchev–Trinajstić information content (AvgIpc) is 2.35. The molecule has 0 aromatic heterocycles. The Morgan fingerprint density at radius 1 is 1.24 bits per heavy atom. The van der Waals surface area contributed by atoms with Gasteiger partial charge in [-0.05, 0) is 18.4 Å². The number of hydrogen-bond donors (Lipinski definition) is 2. The van der Waals surface area contributed by atoms with Crippen LogP contribution >= 0.6 is 0 Å². The molecule has 0 fully saturated rings. The van der Waals surface area contributed by atoms with Gasteiger partial charge in [-0.1, -0.05) is 30.3 Å². The summed E-state index contributed by atoms with van der Waals surface area (Å²) < 4.78 is 5.04.